The van der Waals surface area contributed by atoms with Gasteiger partial charge in [-0.1, -0.05) is 25.1 Å². The summed E-state index contributed by atoms with van der Waals surface area (Å²) in [5, 5.41) is 16.7. The lowest BCUT2D eigenvalue weighted by Crippen LogP contribution is -2.47. The molecule has 0 radical (unpaired) electrons. The molecule has 2 aliphatic rings. The maximum absolute atomic E-state index is 13.9. The molecule has 3 aromatic rings. The second kappa shape index (κ2) is 11.4. The molecule has 1 amide bonds. The number of hydrogen-bond acceptors (Lipinski definition) is 6. The molecule has 194 valence electrons. The fourth-order valence-electron chi connectivity index (χ4n) is 5.15. The number of carbonyl (C=O) groups excluding carboxylic acids is 1. The van der Waals surface area contributed by atoms with Crippen molar-refractivity contribution in [3.63, 3.8) is 0 Å². The van der Waals surface area contributed by atoms with E-state index in [-0.39, 0.29) is 29.2 Å². The summed E-state index contributed by atoms with van der Waals surface area (Å²) in [6.07, 6.45) is 10.5. The van der Waals surface area contributed by atoms with Crippen LogP contribution < -0.4 is 4.90 Å². The number of rotatable bonds is 7. The molecule has 9 heteroatoms. The van der Waals surface area contributed by atoms with Gasteiger partial charge in [0, 0.05) is 36.8 Å². The number of amides is 1. The van der Waals surface area contributed by atoms with Crippen molar-refractivity contribution in [1.29, 1.82) is 0 Å². The Hall–Kier alpha value is -3.30. The number of carboxylic acid groups (broad SMARTS) is 1. The van der Waals surface area contributed by atoms with Gasteiger partial charge in [0.15, 0.2) is 5.82 Å². The van der Waals surface area contributed by atoms with Crippen LogP contribution in [0, 0.1) is 11.8 Å². The van der Waals surface area contributed by atoms with Crippen LogP contribution in [-0.2, 0) is 9.53 Å². The van der Waals surface area contributed by atoms with Crippen molar-refractivity contribution in [1.82, 2.24) is 14.8 Å². The van der Waals surface area contributed by atoms with Crippen molar-refractivity contribution in [3.8, 4) is 5.69 Å². The minimum absolute atomic E-state index is 0.00549. The summed E-state index contributed by atoms with van der Waals surface area (Å²) in [4.78, 5) is 32.1. The summed E-state index contributed by atoms with van der Waals surface area (Å²) in [5.74, 6) is -0.348. The third kappa shape index (κ3) is 5.83. The number of anilines is 1. The molecule has 1 saturated heterocycles. The van der Waals surface area contributed by atoms with E-state index in [1.165, 1.54) is 6.20 Å². The highest BCUT2D eigenvalue weighted by atomic mass is 32.1. The van der Waals surface area contributed by atoms with Gasteiger partial charge in [-0.2, -0.15) is 0 Å². The molecule has 0 bridgehead atoms. The first-order chi connectivity index (χ1) is 18.0. The number of ether oxygens (including phenoxy) is 1. The topological polar surface area (TPSA) is 97.6 Å². The summed E-state index contributed by atoms with van der Waals surface area (Å²) in [5.41, 5.74) is 4.46. The highest BCUT2D eigenvalue weighted by Gasteiger charge is 2.37. The Morgan fingerprint density at radius 3 is 2.46 bits per heavy atom. The Morgan fingerprint density at radius 1 is 1.08 bits per heavy atom. The summed E-state index contributed by atoms with van der Waals surface area (Å²) in [6, 6.07) is 7.56. The normalized spacial score (nSPS) is 20.8. The molecule has 1 aliphatic carbocycles. The fraction of sp³-hybridized carbons (Fsp3) is 0.429. The van der Waals surface area contributed by atoms with E-state index in [2.05, 4.69) is 11.9 Å². The lowest BCUT2D eigenvalue weighted by atomic mass is 9.82. The number of benzene rings is 1. The van der Waals surface area contributed by atoms with Gasteiger partial charge >= 0.3 is 5.97 Å². The lowest BCUT2D eigenvalue weighted by Gasteiger charge is -2.37. The van der Waals surface area contributed by atoms with Crippen LogP contribution in [0.3, 0.4) is 0 Å². The van der Waals surface area contributed by atoms with Crippen molar-refractivity contribution >= 4 is 41.2 Å². The molecule has 0 atom stereocenters. The summed E-state index contributed by atoms with van der Waals surface area (Å²) in [6.45, 7) is 3.32. The highest BCUT2D eigenvalue weighted by Crippen LogP contribution is 2.34. The van der Waals surface area contributed by atoms with Crippen LogP contribution in [0.15, 0.2) is 41.4 Å². The predicted octanol–water partition coefficient (Wildman–Crippen LogP) is 5.54. The number of nitrogens with zero attached hydrogens (tertiary/aromatic N) is 4. The third-order valence-electron chi connectivity index (χ3n) is 7.37. The Labute approximate surface area is 220 Å². The molecular formula is C28H32N4O4S. The summed E-state index contributed by atoms with van der Waals surface area (Å²) >= 11 is 1.55. The van der Waals surface area contributed by atoms with Crippen LogP contribution in [0.1, 0.15) is 67.1 Å². The first-order valence-electron chi connectivity index (χ1n) is 12.9. The molecular weight excluding hydrogens is 488 g/mol. The van der Waals surface area contributed by atoms with E-state index in [9.17, 15) is 14.7 Å². The maximum atomic E-state index is 13.9. The summed E-state index contributed by atoms with van der Waals surface area (Å²) < 4.78 is 7.11. The van der Waals surface area contributed by atoms with Crippen molar-refractivity contribution in [2.45, 2.75) is 51.5 Å². The number of hydrogen-bond donors (Lipinski definition) is 1. The molecule has 1 N–H and O–H groups in total. The standard InChI is InChI=1S/C28H32N4O4S/c1-19-2-7-21(8-3-19)27(33)32(24-12-14-36-15-13-24)26-25(28(34)35)16-31(30-26)23-10-5-20(6-11-23)4-9-22-17-37-18-29-22/h4-6,9-11,16-19,21,24H,2-3,7-8,12-15H2,1H3,(H,34,35)/b9-4+/t19-,21-. The zero-order chi connectivity index (χ0) is 25.8. The van der Waals surface area contributed by atoms with Gasteiger partial charge in [0.05, 0.1) is 16.9 Å². The minimum atomic E-state index is -1.09. The second-order valence-electron chi connectivity index (χ2n) is 9.96. The van der Waals surface area contributed by atoms with Gasteiger partial charge in [-0.3, -0.25) is 9.69 Å². The molecule has 2 aromatic heterocycles. The average Bonchev–Trinajstić information content (AvgIpc) is 3.60. The van der Waals surface area contributed by atoms with E-state index in [4.69, 9.17) is 9.84 Å². The first kappa shape index (κ1) is 25.4. The zero-order valence-electron chi connectivity index (χ0n) is 21.0. The second-order valence-corrected chi connectivity index (χ2v) is 10.7. The van der Waals surface area contributed by atoms with Crippen molar-refractivity contribution in [2.24, 2.45) is 11.8 Å². The van der Waals surface area contributed by atoms with Gasteiger partial charge in [0.2, 0.25) is 5.91 Å². The fourth-order valence-corrected chi connectivity index (χ4v) is 5.68. The van der Waals surface area contributed by atoms with Gasteiger partial charge in [-0.05, 0) is 68.2 Å². The zero-order valence-corrected chi connectivity index (χ0v) is 21.8. The molecule has 8 nitrogen and oxygen atoms in total. The molecule has 3 heterocycles. The lowest BCUT2D eigenvalue weighted by molar-refractivity contribution is -0.124. The number of aromatic nitrogens is 3. The van der Waals surface area contributed by atoms with Gasteiger partial charge in [0.25, 0.3) is 0 Å². The number of carbonyl (C=O) groups is 2. The SMILES string of the molecule is C[C@H]1CC[C@H](C(=O)N(c2nn(-c3ccc(/C=C/c4cscn4)cc3)cc2C(=O)O)C2CCOCC2)CC1. The van der Waals surface area contributed by atoms with Crippen molar-refractivity contribution in [2.75, 3.05) is 18.1 Å². The van der Waals surface area contributed by atoms with Crippen LogP contribution in [0.5, 0.6) is 0 Å². The van der Waals surface area contributed by atoms with E-state index in [1.807, 2.05) is 41.8 Å². The first-order valence-corrected chi connectivity index (χ1v) is 13.8. The van der Waals surface area contributed by atoms with Gasteiger partial charge in [0.1, 0.15) is 5.56 Å². The quantitative estimate of drug-likeness (QED) is 0.440. The van der Waals surface area contributed by atoms with Crippen molar-refractivity contribution in [3.05, 3.63) is 58.2 Å². The summed E-state index contributed by atoms with van der Waals surface area (Å²) in [7, 11) is 0. The maximum Gasteiger partial charge on any atom is 0.341 e. The molecule has 1 saturated carbocycles. The number of thiazole rings is 1. The Kier molecular flexibility index (Phi) is 7.81. The average molecular weight is 521 g/mol. The van der Waals surface area contributed by atoms with Crippen LogP contribution in [0.25, 0.3) is 17.8 Å². The molecule has 1 aliphatic heterocycles. The van der Waals surface area contributed by atoms with Gasteiger partial charge < -0.3 is 9.84 Å². The highest BCUT2D eigenvalue weighted by molar-refractivity contribution is 7.07. The molecule has 37 heavy (non-hydrogen) atoms. The van der Waals surface area contributed by atoms with E-state index < -0.39 is 5.97 Å². The Morgan fingerprint density at radius 2 is 1.81 bits per heavy atom. The monoisotopic (exact) mass is 520 g/mol. The molecule has 2 fully saturated rings. The van der Waals surface area contributed by atoms with E-state index in [0.29, 0.717) is 32.0 Å². The number of carboxylic acids is 1. The van der Waals surface area contributed by atoms with Crippen LogP contribution in [-0.4, -0.2) is 51.0 Å². The van der Waals surface area contributed by atoms with Gasteiger partial charge in [-0.15, -0.1) is 16.4 Å². The van der Waals surface area contributed by atoms with E-state index in [1.54, 1.807) is 26.4 Å². The third-order valence-corrected chi connectivity index (χ3v) is 7.97. The smallest absolute Gasteiger partial charge is 0.341 e. The van der Waals surface area contributed by atoms with Crippen LogP contribution >= 0.6 is 11.3 Å². The van der Waals surface area contributed by atoms with Gasteiger partial charge in [-0.25, -0.2) is 14.5 Å². The largest absolute Gasteiger partial charge is 0.477 e. The molecule has 1 aromatic carbocycles. The number of aromatic carboxylic acids is 1. The van der Waals surface area contributed by atoms with Crippen LogP contribution in [0.4, 0.5) is 5.82 Å². The minimum Gasteiger partial charge on any atom is -0.477 e. The van der Waals surface area contributed by atoms with E-state index >= 15 is 0 Å². The Bertz CT molecular complexity index is 1240. The van der Waals surface area contributed by atoms with Crippen molar-refractivity contribution < 1.29 is 19.4 Å². The van der Waals surface area contributed by atoms with Crippen LogP contribution in [0.2, 0.25) is 0 Å². The Balaban J connectivity index is 1.45. The van der Waals surface area contributed by atoms with E-state index in [0.717, 1.165) is 42.6 Å². The predicted molar refractivity (Wildman–Crippen MR) is 144 cm³/mol. The molecule has 0 spiro atoms. The molecule has 0 unspecified atom stereocenters. The molecule has 5 rings (SSSR count).